The van der Waals surface area contributed by atoms with Crippen LogP contribution in [0.2, 0.25) is 0 Å². The maximum Gasteiger partial charge on any atom is 0.272 e. The lowest BCUT2D eigenvalue weighted by molar-refractivity contribution is -0.130. The standard InChI is InChI=1S/C12H15N3O3S/c1-19-12-8(4-2-6-13-12)10(16)14-15-11(17)9-5-3-7-18-9/h2,4,6,9H,3,5,7H2,1H3,(H,14,16)(H,15,17). The fraction of sp³-hybridized carbons (Fsp3) is 0.417. The van der Waals surface area contributed by atoms with Gasteiger partial charge in [0, 0.05) is 12.8 Å². The normalized spacial score (nSPS) is 18.1. The van der Waals surface area contributed by atoms with Crippen LogP contribution in [0.3, 0.4) is 0 Å². The van der Waals surface area contributed by atoms with Gasteiger partial charge in [0.1, 0.15) is 11.1 Å². The second-order valence-electron chi connectivity index (χ2n) is 4.01. The van der Waals surface area contributed by atoms with Gasteiger partial charge in [-0.15, -0.1) is 11.8 Å². The van der Waals surface area contributed by atoms with Crippen molar-refractivity contribution >= 4 is 23.6 Å². The maximum atomic E-state index is 11.9. The highest BCUT2D eigenvalue weighted by atomic mass is 32.2. The Kier molecular flexibility index (Phi) is 4.75. The minimum atomic E-state index is -0.464. The van der Waals surface area contributed by atoms with E-state index in [9.17, 15) is 9.59 Å². The number of nitrogens with one attached hydrogen (secondary N) is 2. The average molecular weight is 281 g/mol. The van der Waals surface area contributed by atoms with E-state index < -0.39 is 6.10 Å². The predicted octanol–water partition coefficient (Wildman–Crippen LogP) is 0.743. The van der Waals surface area contributed by atoms with Gasteiger partial charge in [0.2, 0.25) is 0 Å². The molecule has 7 heteroatoms. The summed E-state index contributed by atoms with van der Waals surface area (Å²) in [6.45, 7) is 0.589. The molecule has 2 heterocycles. The summed E-state index contributed by atoms with van der Waals surface area (Å²) in [4.78, 5) is 27.7. The first-order valence-corrected chi connectivity index (χ1v) is 7.15. The number of hydrogen-bond acceptors (Lipinski definition) is 5. The lowest BCUT2D eigenvalue weighted by Crippen LogP contribution is -2.46. The van der Waals surface area contributed by atoms with Crippen molar-refractivity contribution in [1.29, 1.82) is 0 Å². The molecule has 1 saturated heterocycles. The van der Waals surface area contributed by atoms with Gasteiger partial charge in [0.05, 0.1) is 5.56 Å². The molecule has 1 atom stereocenters. The number of carbonyl (C=O) groups is 2. The summed E-state index contributed by atoms with van der Waals surface area (Å²) in [5.74, 6) is -0.704. The molecule has 1 aromatic rings. The van der Waals surface area contributed by atoms with E-state index in [0.29, 0.717) is 23.6 Å². The topological polar surface area (TPSA) is 80.3 Å². The molecule has 0 bridgehead atoms. The first kappa shape index (κ1) is 13.8. The summed E-state index contributed by atoms with van der Waals surface area (Å²) in [6.07, 6.45) is 4.54. The minimum absolute atomic E-state index is 0.319. The molecule has 1 fully saturated rings. The van der Waals surface area contributed by atoms with Crippen LogP contribution in [-0.2, 0) is 9.53 Å². The molecule has 0 aromatic carbocycles. The molecule has 1 aliphatic rings. The van der Waals surface area contributed by atoms with E-state index in [4.69, 9.17) is 4.74 Å². The number of carbonyl (C=O) groups excluding carboxylic acids is 2. The number of amides is 2. The van der Waals surface area contributed by atoms with Crippen molar-refractivity contribution in [3.8, 4) is 0 Å². The highest BCUT2D eigenvalue weighted by Crippen LogP contribution is 2.16. The van der Waals surface area contributed by atoms with E-state index in [2.05, 4.69) is 15.8 Å². The number of rotatable bonds is 3. The van der Waals surface area contributed by atoms with E-state index in [1.165, 1.54) is 11.8 Å². The second-order valence-corrected chi connectivity index (χ2v) is 4.80. The molecule has 1 aromatic heterocycles. The van der Waals surface area contributed by atoms with Crippen molar-refractivity contribution in [2.45, 2.75) is 24.0 Å². The molecule has 0 radical (unpaired) electrons. The summed E-state index contributed by atoms with van der Waals surface area (Å²) in [6, 6.07) is 3.34. The Balaban J connectivity index is 1.92. The van der Waals surface area contributed by atoms with Crippen LogP contribution in [-0.4, -0.2) is 35.8 Å². The lowest BCUT2D eigenvalue weighted by Gasteiger charge is -2.12. The Bertz CT molecular complexity index is 475. The van der Waals surface area contributed by atoms with Crippen LogP contribution in [0.4, 0.5) is 0 Å². The van der Waals surface area contributed by atoms with Crippen LogP contribution >= 0.6 is 11.8 Å². The molecule has 2 N–H and O–H groups in total. The van der Waals surface area contributed by atoms with Crippen LogP contribution in [0.5, 0.6) is 0 Å². The average Bonchev–Trinajstić information content (AvgIpc) is 2.98. The van der Waals surface area contributed by atoms with E-state index in [-0.39, 0.29) is 11.8 Å². The van der Waals surface area contributed by atoms with Crippen molar-refractivity contribution in [2.24, 2.45) is 0 Å². The molecule has 102 valence electrons. The van der Waals surface area contributed by atoms with Gasteiger partial charge in [0.25, 0.3) is 11.8 Å². The molecule has 19 heavy (non-hydrogen) atoms. The third-order valence-corrected chi connectivity index (χ3v) is 3.44. The van der Waals surface area contributed by atoms with Crippen molar-refractivity contribution in [3.05, 3.63) is 23.9 Å². The van der Waals surface area contributed by atoms with Crippen LogP contribution in [0.15, 0.2) is 23.4 Å². The van der Waals surface area contributed by atoms with E-state index in [0.717, 1.165) is 6.42 Å². The Hall–Kier alpha value is -1.60. The fourth-order valence-electron chi connectivity index (χ4n) is 1.78. The second kappa shape index (κ2) is 6.53. The van der Waals surface area contributed by atoms with Gasteiger partial charge in [-0.1, -0.05) is 0 Å². The van der Waals surface area contributed by atoms with Crippen LogP contribution in [0.25, 0.3) is 0 Å². The minimum Gasteiger partial charge on any atom is -0.368 e. The highest BCUT2D eigenvalue weighted by Gasteiger charge is 2.24. The molecule has 1 aliphatic heterocycles. The van der Waals surface area contributed by atoms with Gasteiger partial charge in [-0.05, 0) is 31.2 Å². The number of nitrogens with zero attached hydrogens (tertiary/aromatic N) is 1. The summed E-state index contributed by atoms with van der Waals surface area (Å²) in [5, 5.41) is 0.617. The molecule has 0 spiro atoms. The van der Waals surface area contributed by atoms with Gasteiger partial charge >= 0.3 is 0 Å². The van der Waals surface area contributed by atoms with Crippen molar-refractivity contribution in [1.82, 2.24) is 15.8 Å². The zero-order valence-corrected chi connectivity index (χ0v) is 11.3. The molecule has 1 unspecified atom stereocenters. The summed E-state index contributed by atoms with van der Waals surface area (Å²) < 4.78 is 5.22. The van der Waals surface area contributed by atoms with Crippen molar-refractivity contribution in [2.75, 3.05) is 12.9 Å². The molecular formula is C12H15N3O3S. The quantitative estimate of drug-likeness (QED) is 0.631. The lowest BCUT2D eigenvalue weighted by atomic mass is 10.2. The third kappa shape index (κ3) is 3.45. The zero-order chi connectivity index (χ0) is 13.7. The number of hydrogen-bond donors (Lipinski definition) is 2. The smallest absolute Gasteiger partial charge is 0.272 e. The number of ether oxygens (including phenoxy) is 1. The first-order chi connectivity index (χ1) is 9.22. The van der Waals surface area contributed by atoms with Crippen LogP contribution in [0, 0.1) is 0 Å². The van der Waals surface area contributed by atoms with E-state index in [1.54, 1.807) is 18.3 Å². The van der Waals surface area contributed by atoms with Gasteiger partial charge in [0.15, 0.2) is 0 Å². The van der Waals surface area contributed by atoms with Gasteiger partial charge < -0.3 is 4.74 Å². The van der Waals surface area contributed by atoms with Gasteiger partial charge in [-0.3, -0.25) is 20.4 Å². The SMILES string of the molecule is CSc1ncccc1C(=O)NNC(=O)C1CCCO1. The van der Waals surface area contributed by atoms with E-state index in [1.807, 2.05) is 6.26 Å². The predicted molar refractivity (Wildman–Crippen MR) is 70.6 cm³/mol. The Morgan fingerprint density at radius 2 is 2.32 bits per heavy atom. The largest absolute Gasteiger partial charge is 0.368 e. The first-order valence-electron chi connectivity index (χ1n) is 5.93. The van der Waals surface area contributed by atoms with Crippen LogP contribution in [0.1, 0.15) is 23.2 Å². The van der Waals surface area contributed by atoms with Gasteiger partial charge in [-0.25, -0.2) is 4.98 Å². The Labute approximate surface area is 115 Å². The monoisotopic (exact) mass is 281 g/mol. The van der Waals surface area contributed by atoms with Crippen LogP contribution < -0.4 is 10.9 Å². The molecule has 2 amide bonds. The maximum absolute atomic E-state index is 11.9. The molecule has 6 nitrogen and oxygen atoms in total. The van der Waals surface area contributed by atoms with Gasteiger partial charge in [-0.2, -0.15) is 0 Å². The number of pyridine rings is 1. The number of hydrazine groups is 1. The Morgan fingerprint density at radius 3 is 3.00 bits per heavy atom. The molecule has 0 saturated carbocycles. The Morgan fingerprint density at radius 1 is 1.47 bits per heavy atom. The number of thioether (sulfide) groups is 1. The van der Waals surface area contributed by atoms with E-state index >= 15 is 0 Å². The molecule has 0 aliphatic carbocycles. The molecular weight excluding hydrogens is 266 g/mol. The number of aromatic nitrogens is 1. The zero-order valence-electron chi connectivity index (χ0n) is 10.5. The fourth-order valence-corrected chi connectivity index (χ4v) is 2.32. The highest BCUT2D eigenvalue weighted by molar-refractivity contribution is 7.98. The summed E-state index contributed by atoms with van der Waals surface area (Å²) >= 11 is 1.37. The molecule has 2 rings (SSSR count). The van der Waals surface area contributed by atoms with Crippen molar-refractivity contribution < 1.29 is 14.3 Å². The summed E-state index contributed by atoms with van der Waals surface area (Å²) in [7, 11) is 0. The van der Waals surface area contributed by atoms with Crippen molar-refractivity contribution in [3.63, 3.8) is 0 Å². The third-order valence-electron chi connectivity index (χ3n) is 2.73. The summed E-state index contributed by atoms with van der Waals surface area (Å²) in [5.41, 5.74) is 5.19.